The molecule has 136 valence electrons. The van der Waals surface area contributed by atoms with Crippen LogP contribution in [0.15, 0.2) is 71.7 Å². The highest BCUT2D eigenvalue weighted by atomic mass is 35.5. The molecule has 0 bridgehead atoms. The van der Waals surface area contributed by atoms with E-state index in [1.807, 2.05) is 49.6 Å². The van der Waals surface area contributed by atoms with Gasteiger partial charge < -0.3 is 14.3 Å². The monoisotopic (exact) mass is 380 g/mol. The van der Waals surface area contributed by atoms with E-state index in [9.17, 15) is 5.11 Å². The van der Waals surface area contributed by atoms with E-state index in [-0.39, 0.29) is 5.75 Å². The molecular formula is C21H17ClN2O3. The van der Waals surface area contributed by atoms with Gasteiger partial charge in [0.2, 0.25) is 0 Å². The Labute approximate surface area is 161 Å². The van der Waals surface area contributed by atoms with Gasteiger partial charge in [-0.2, -0.15) is 5.10 Å². The molecule has 4 rings (SSSR count). The minimum absolute atomic E-state index is 0.104. The van der Waals surface area contributed by atoms with E-state index in [0.717, 1.165) is 16.7 Å². The number of ether oxygens (including phenoxy) is 1. The summed E-state index contributed by atoms with van der Waals surface area (Å²) in [5.41, 5.74) is 4.10. The van der Waals surface area contributed by atoms with Crippen LogP contribution >= 0.6 is 11.6 Å². The number of aromatic hydroxyl groups is 1. The quantitative estimate of drug-likeness (QED) is 0.511. The summed E-state index contributed by atoms with van der Waals surface area (Å²) in [5.74, 6) is 0.680. The third kappa shape index (κ3) is 3.68. The molecule has 0 aliphatic heterocycles. The fourth-order valence-corrected chi connectivity index (χ4v) is 2.99. The maximum atomic E-state index is 10.5. The standard InChI is InChI=1S/C21H17ClN2O3/c1-24-11-19(15-8-9-26-13-15)21(23-24)18-7-6-17(10-20(18)25)27-12-14-2-4-16(22)5-3-14/h2-11,13,25H,12H2,1H3. The van der Waals surface area contributed by atoms with Crippen molar-refractivity contribution in [2.24, 2.45) is 7.05 Å². The number of nitrogens with zero attached hydrogens (tertiary/aromatic N) is 2. The van der Waals surface area contributed by atoms with Gasteiger partial charge in [-0.05, 0) is 35.9 Å². The molecule has 0 atom stereocenters. The van der Waals surface area contributed by atoms with Gasteiger partial charge in [0, 0.05) is 41.0 Å². The van der Waals surface area contributed by atoms with Crippen molar-refractivity contribution in [2.45, 2.75) is 6.61 Å². The number of phenolic OH excluding ortho intramolecular Hbond substituents is 1. The maximum Gasteiger partial charge on any atom is 0.128 e. The highest BCUT2D eigenvalue weighted by Gasteiger charge is 2.16. The van der Waals surface area contributed by atoms with Crippen LogP contribution in [0.25, 0.3) is 22.4 Å². The average Bonchev–Trinajstić information content (AvgIpc) is 3.31. The lowest BCUT2D eigenvalue weighted by atomic mass is 10.0. The molecule has 0 radical (unpaired) electrons. The molecule has 27 heavy (non-hydrogen) atoms. The van der Waals surface area contributed by atoms with Gasteiger partial charge in [-0.1, -0.05) is 23.7 Å². The summed E-state index contributed by atoms with van der Waals surface area (Å²) in [5, 5.41) is 15.7. The minimum Gasteiger partial charge on any atom is -0.507 e. The van der Waals surface area contributed by atoms with Crippen molar-refractivity contribution in [2.75, 3.05) is 0 Å². The van der Waals surface area contributed by atoms with E-state index in [1.54, 1.807) is 29.3 Å². The van der Waals surface area contributed by atoms with Crippen LogP contribution in [0.2, 0.25) is 5.02 Å². The first kappa shape index (κ1) is 17.2. The predicted octanol–water partition coefficient (Wildman–Crippen LogP) is 5.29. The van der Waals surface area contributed by atoms with E-state index in [0.29, 0.717) is 28.6 Å². The Hall–Kier alpha value is -3.18. The van der Waals surface area contributed by atoms with E-state index in [4.69, 9.17) is 20.8 Å². The van der Waals surface area contributed by atoms with Gasteiger partial charge in [0.25, 0.3) is 0 Å². The summed E-state index contributed by atoms with van der Waals surface area (Å²) in [6.07, 6.45) is 5.16. The third-order valence-electron chi connectivity index (χ3n) is 4.20. The van der Waals surface area contributed by atoms with Crippen LogP contribution in [0.4, 0.5) is 0 Å². The molecule has 5 nitrogen and oxygen atoms in total. The van der Waals surface area contributed by atoms with Gasteiger partial charge in [-0.25, -0.2) is 0 Å². The third-order valence-corrected chi connectivity index (χ3v) is 4.46. The number of rotatable bonds is 5. The lowest BCUT2D eigenvalue weighted by Gasteiger charge is -2.09. The average molecular weight is 381 g/mol. The van der Waals surface area contributed by atoms with Crippen LogP contribution < -0.4 is 4.74 Å². The molecular weight excluding hydrogens is 364 g/mol. The molecule has 0 saturated carbocycles. The Balaban J connectivity index is 1.58. The molecule has 6 heteroatoms. The number of furan rings is 1. The van der Waals surface area contributed by atoms with Crippen molar-refractivity contribution in [1.29, 1.82) is 0 Å². The first-order chi connectivity index (χ1) is 13.1. The Bertz CT molecular complexity index is 1050. The van der Waals surface area contributed by atoms with Crippen molar-refractivity contribution in [1.82, 2.24) is 9.78 Å². The second kappa shape index (κ2) is 7.21. The molecule has 2 heterocycles. The number of benzene rings is 2. The smallest absolute Gasteiger partial charge is 0.128 e. The number of aromatic nitrogens is 2. The number of aryl methyl sites for hydroxylation is 1. The van der Waals surface area contributed by atoms with E-state index < -0.39 is 0 Å². The number of hydrogen-bond donors (Lipinski definition) is 1. The SMILES string of the molecule is Cn1cc(-c2ccoc2)c(-c2ccc(OCc3ccc(Cl)cc3)cc2O)n1. The Kier molecular flexibility index (Phi) is 4.60. The zero-order valence-electron chi connectivity index (χ0n) is 14.6. The molecule has 0 spiro atoms. The van der Waals surface area contributed by atoms with Crippen molar-refractivity contribution >= 4 is 11.6 Å². The zero-order valence-corrected chi connectivity index (χ0v) is 15.3. The van der Waals surface area contributed by atoms with Crippen molar-refractivity contribution in [3.63, 3.8) is 0 Å². The van der Waals surface area contributed by atoms with Crippen molar-refractivity contribution in [3.05, 3.63) is 77.8 Å². The molecule has 0 fully saturated rings. The van der Waals surface area contributed by atoms with Gasteiger partial charge in [0.1, 0.15) is 23.8 Å². The normalized spacial score (nSPS) is 10.9. The summed E-state index contributed by atoms with van der Waals surface area (Å²) in [4.78, 5) is 0. The summed E-state index contributed by atoms with van der Waals surface area (Å²) in [7, 11) is 1.84. The predicted molar refractivity (Wildman–Crippen MR) is 104 cm³/mol. The summed E-state index contributed by atoms with van der Waals surface area (Å²) >= 11 is 5.89. The van der Waals surface area contributed by atoms with Gasteiger partial charge in [0.05, 0.1) is 12.5 Å². The van der Waals surface area contributed by atoms with Crippen LogP contribution in [0.5, 0.6) is 11.5 Å². The first-order valence-electron chi connectivity index (χ1n) is 8.37. The van der Waals surface area contributed by atoms with Crippen LogP contribution in [0.1, 0.15) is 5.56 Å². The number of hydrogen-bond acceptors (Lipinski definition) is 4. The minimum atomic E-state index is 0.104. The van der Waals surface area contributed by atoms with Gasteiger partial charge in [-0.15, -0.1) is 0 Å². The second-order valence-corrected chi connectivity index (χ2v) is 6.61. The van der Waals surface area contributed by atoms with Gasteiger partial charge in [0.15, 0.2) is 0 Å². The fourth-order valence-electron chi connectivity index (χ4n) is 2.87. The van der Waals surface area contributed by atoms with E-state index in [2.05, 4.69) is 5.10 Å². The van der Waals surface area contributed by atoms with E-state index in [1.165, 1.54) is 0 Å². The Morgan fingerprint density at radius 1 is 1.11 bits per heavy atom. The highest BCUT2D eigenvalue weighted by Crippen LogP contribution is 2.37. The van der Waals surface area contributed by atoms with Crippen LogP contribution in [-0.4, -0.2) is 14.9 Å². The fraction of sp³-hybridized carbons (Fsp3) is 0.0952. The van der Waals surface area contributed by atoms with E-state index >= 15 is 0 Å². The lowest BCUT2D eigenvalue weighted by Crippen LogP contribution is -1.95. The second-order valence-electron chi connectivity index (χ2n) is 6.17. The molecule has 0 aliphatic carbocycles. The molecule has 4 aromatic rings. The van der Waals surface area contributed by atoms with Gasteiger partial charge in [-0.3, -0.25) is 4.68 Å². The van der Waals surface area contributed by atoms with Crippen molar-refractivity contribution < 1.29 is 14.3 Å². The molecule has 2 aromatic heterocycles. The van der Waals surface area contributed by atoms with Crippen molar-refractivity contribution in [3.8, 4) is 33.9 Å². The Morgan fingerprint density at radius 3 is 2.63 bits per heavy atom. The summed E-state index contributed by atoms with van der Waals surface area (Å²) in [6, 6.07) is 14.5. The number of phenols is 1. The first-order valence-corrected chi connectivity index (χ1v) is 8.75. The highest BCUT2D eigenvalue weighted by molar-refractivity contribution is 6.30. The summed E-state index contributed by atoms with van der Waals surface area (Å²) < 4.78 is 12.6. The van der Waals surface area contributed by atoms with Crippen LogP contribution in [-0.2, 0) is 13.7 Å². The zero-order chi connectivity index (χ0) is 18.8. The lowest BCUT2D eigenvalue weighted by molar-refractivity contribution is 0.304. The maximum absolute atomic E-state index is 10.5. The molecule has 1 N–H and O–H groups in total. The topological polar surface area (TPSA) is 60.4 Å². The van der Waals surface area contributed by atoms with Crippen LogP contribution in [0, 0.1) is 0 Å². The molecule has 0 saturated heterocycles. The Morgan fingerprint density at radius 2 is 1.93 bits per heavy atom. The van der Waals surface area contributed by atoms with Crippen LogP contribution in [0.3, 0.4) is 0 Å². The molecule has 0 unspecified atom stereocenters. The van der Waals surface area contributed by atoms with Gasteiger partial charge >= 0.3 is 0 Å². The molecule has 0 amide bonds. The molecule has 2 aromatic carbocycles. The molecule has 0 aliphatic rings. The largest absolute Gasteiger partial charge is 0.507 e. The number of halogens is 1. The summed E-state index contributed by atoms with van der Waals surface area (Å²) in [6.45, 7) is 0.389.